The maximum absolute atomic E-state index is 12.1. The number of ketones is 1. The summed E-state index contributed by atoms with van der Waals surface area (Å²) in [5.41, 5.74) is 7.89. The van der Waals surface area contributed by atoms with Gasteiger partial charge in [0.05, 0.1) is 25.5 Å². The number of hydrogen-bond acceptors (Lipinski definition) is 7. The van der Waals surface area contributed by atoms with Crippen molar-refractivity contribution in [2.75, 3.05) is 44.8 Å². The Morgan fingerprint density at radius 1 is 0.892 bits per heavy atom. The number of aryl methyl sites for hydroxylation is 1. The van der Waals surface area contributed by atoms with E-state index in [9.17, 15) is 4.79 Å². The van der Waals surface area contributed by atoms with Gasteiger partial charge in [-0.05, 0) is 53.9 Å². The summed E-state index contributed by atoms with van der Waals surface area (Å²) in [4.78, 5) is 16.3. The number of nitrogens with zero attached hydrogens (tertiary/aromatic N) is 3. The van der Waals surface area contributed by atoms with Crippen LogP contribution in [0.4, 0.5) is 5.69 Å². The molecule has 2 aromatic carbocycles. The van der Waals surface area contributed by atoms with Crippen LogP contribution in [0.1, 0.15) is 22.3 Å². The Morgan fingerprint density at radius 2 is 1.73 bits per heavy atom. The van der Waals surface area contributed by atoms with Crippen LogP contribution in [0.25, 0.3) is 28.1 Å². The standard InChI is InChI=1S/C29H31N5O3/c35-16-18-37-17-15-31-13-14-32-24-3-5-25(6-4-24)34-20-27(29(33-34)21-9-11-30-12-10-21)23-1-7-26-22(19-23)2-8-28(26)36/h1,3-7,9-12,19-20,31-32,35H,2,8,13-18H2. The second-order valence-electron chi connectivity index (χ2n) is 8.93. The van der Waals surface area contributed by atoms with Crippen molar-refractivity contribution in [1.29, 1.82) is 0 Å². The first-order valence-electron chi connectivity index (χ1n) is 12.6. The molecule has 0 aliphatic heterocycles. The van der Waals surface area contributed by atoms with E-state index in [-0.39, 0.29) is 12.4 Å². The van der Waals surface area contributed by atoms with Gasteiger partial charge < -0.3 is 20.5 Å². The summed E-state index contributed by atoms with van der Waals surface area (Å²) < 4.78 is 7.14. The number of aliphatic hydroxyl groups excluding tert-OH is 1. The van der Waals surface area contributed by atoms with Gasteiger partial charge in [-0.15, -0.1) is 0 Å². The van der Waals surface area contributed by atoms with Crippen molar-refractivity contribution in [2.45, 2.75) is 12.8 Å². The van der Waals surface area contributed by atoms with Crippen molar-refractivity contribution < 1.29 is 14.6 Å². The van der Waals surface area contributed by atoms with Gasteiger partial charge >= 0.3 is 0 Å². The molecule has 0 amide bonds. The van der Waals surface area contributed by atoms with Crippen molar-refractivity contribution >= 4 is 11.5 Å². The summed E-state index contributed by atoms with van der Waals surface area (Å²) in [5, 5.41) is 20.4. The molecule has 0 radical (unpaired) electrons. The number of pyridine rings is 1. The van der Waals surface area contributed by atoms with Gasteiger partial charge in [0.25, 0.3) is 0 Å². The normalized spacial score (nSPS) is 12.6. The highest BCUT2D eigenvalue weighted by atomic mass is 16.5. The van der Waals surface area contributed by atoms with E-state index in [1.807, 2.05) is 53.2 Å². The Labute approximate surface area is 216 Å². The topological polar surface area (TPSA) is 101 Å². The highest BCUT2D eigenvalue weighted by Crippen LogP contribution is 2.34. The predicted octanol–water partition coefficient (Wildman–Crippen LogP) is 3.74. The third-order valence-electron chi connectivity index (χ3n) is 6.43. The Balaban J connectivity index is 1.31. The Kier molecular flexibility index (Phi) is 8.00. The maximum atomic E-state index is 12.1. The van der Waals surface area contributed by atoms with Crippen molar-refractivity contribution in [2.24, 2.45) is 0 Å². The lowest BCUT2D eigenvalue weighted by atomic mass is 9.98. The molecule has 8 nitrogen and oxygen atoms in total. The quantitative estimate of drug-likeness (QED) is 0.256. The molecule has 0 unspecified atom stereocenters. The zero-order valence-electron chi connectivity index (χ0n) is 20.7. The number of aliphatic hydroxyl groups is 1. The summed E-state index contributed by atoms with van der Waals surface area (Å²) in [6.45, 7) is 3.38. The van der Waals surface area contributed by atoms with Gasteiger partial charge in [-0.1, -0.05) is 18.2 Å². The molecule has 0 atom stereocenters. The Hall–Kier alpha value is -3.85. The van der Waals surface area contributed by atoms with Crippen molar-refractivity contribution in [1.82, 2.24) is 20.1 Å². The van der Waals surface area contributed by atoms with Gasteiger partial charge in [0.1, 0.15) is 5.69 Å². The molecular formula is C29H31N5O3. The molecule has 4 aromatic rings. The highest BCUT2D eigenvalue weighted by molar-refractivity contribution is 6.01. The molecule has 8 heteroatoms. The lowest BCUT2D eigenvalue weighted by Gasteiger charge is -2.09. The number of ether oxygens (including phenoxy) is 1. The second-order valence-corrected chi connectivity index (χ2v) is 8.93. The Bertz CT molecular complexity index is 1340. The van der Waals surface area contributed by atoms with E-state index in [4.69, 9.17) is 14.9 Å². The van der Waals surface area contributed by atoms with Crippen LogP contribution in [0.3, 0.4) is 0 Å². The summed E-state index contributed by atoms with van der Waals surface area (Å²) in [5.74, 6) is 0.225. The lowest BCUT2D eigenvalue weighted by Crippen LogP contribution is -2.26. The summed E-state index contributed by atoms with van der Waals surface area (Å²) in [6.07, 6.45) is 6.99. The van der Waals surface area contributed by atoms with Gasteiger partial charge in [-0.3, -0.25) is 9.78 Å². The first-order chi connectivity index (χ1) is 18.2. The molecule has 5 rings (SSSR count). The minimum Gasteiger partial charge on any atom is -0.394 e. The minimum absolute atomic E-state index is 0.0542. The second kappa shape index (κ2) is 11.9. The SMILES string of the molecule is O=C1CCc2cc(-c3cn(-c4ccc(NCCNCCOCCO)cc4)nc3-c3ccncc3)ccc21. The summed E-state index contributed by atoms with van der Waals surface area (Å²) in [6, 6.07) is 18.2. The van der Waals surface area contributed by atoms with E-state index in [2.05, 4.69) is 27.9 Å². The van der Waals surface area contributed by atoms with Crippen LogP contribution >= 0.6 is 0 Å². The van der Waals surface area contributed by atoms with Crippen LogP contribution in [0, 0.1) is 0 Å². The summed E-state index contributed by atoms with van der Waals surface area (Å²) in [7, 11) is 0. The maximum Gasteiger partial charge on any atom is 0.163 e. The van der Waals surface area contributed by atoms with E-state index in [1.165, 1.54) is 0 Å². The lowest BCUT2D eigenvalue weighted by molar-refractivity contribution is 0.0941. The fourth-order valence-electron chi connectivity index (χ4n) is 4.53. The van der Waals surface area contributed by atoms with E-state index in [0.717, 1.165) is 70.9 Å². The van der Waals surface area contributed by atoms with Crippen molar-refractivity contribution in [3.05, 3.63) is 84.3 Å². The van der Waals surface area contributed by atoms with Crippen molar-refractivity contribution in [3.63, 3.8) is 0 Å². The number of anilines is 1. The van der Waals surface area contributed by atoms with Gasteiger partial charge in [0.2, 0.25) is 0 Å². The number of benzene rings is 2. The third kappa shape index (κ3) is 5.94. The van der Waals surface area contributed by atoms with Crippen LogP contribution < -0.4 is 10.6 Å². The van der Waals surface area contributed by atoms with E-state index in [1.54, 1.807) is 12.4 Å². The number of aromatic nitrogens is 3. The van der Waals surface area contributed by atoms with Crippen LogP contribution in [0.5, 0.6) is 0 Å². The van der Waals surface area contributed by atoms with Crippen molar-refractivity contribution in [3.8, 4) is 28.1 Å². The van der Waals surface area contributed by atoms with E-state index in [0.29, 0.717) is 19.6 Å². The van der Waals surface area contributed by atoms with E-state index >= 15 is 0 Å². The zero-order chi connectivity index (χ0) is 25.5. The molecule has 0 spiro atoms. The van der Waals surface area contributed by atoms with Crippen LogP contribution in [-0.4, -0.2) is 65.1 Å². The number of carbonyl (C=O) groups is 1. The average Bonchev–Trinajstić information content (AvgIpc) is 3.55. The minimum atomic E-state index is 0.0542. The van der Waals surface area contributed by atoms with E-state index < -0.39 is 0 Å². The molecule has 190 valence electrons. The molecule has 0 saturated heterocycles. The van der Waals surface area contributed by atoms with Gasteiger partial charge in [0.15, 0.2) is 5.78 Å². The molecule has 0 bridgehead atoms. The van der Waals surface area contributed by atoms with Crippen LogP contribution in [-0.2, 0) is 11.2 Å². The number of hydrogen-bond donors (Lipinski definition) is 3. The first kappa shape index (κ1) is 24.8. The molecule has 2 heterocycles. The monoisotopic (exact) mass is 497 g/mol. The predicted molar refractivity (Wildman–Crippen MR) is 144 cm³/mol. The smallest absolute Gasteiger partial charge is 0.163 e. The van der Waals surface area contributed by atoms with Gasteiger partial charge in [-0.25, -0.2) is 4.68 Å². The number of Topliss-reactive ketones (excluding diaryl/α,β-unsaturated/α-hetero) is 1. The largest absolute Gasteiger partial charge is 0.394 e. The number of nitrogens with one attached hydrogen (secondary N) is 2. The third-order valence-corrected chi connectivity index (χ3v) is 6.43. The van der Waals surface area contributed by atoms with Gasteiger partial charge in [-0.2, -0.15) is 5.10 Å². The summed E-state index contributed by atoms with van der Waals surface area (Å²) >= 11 is 0. The molecule has 37 heavy (non-hydrogen) atoms. The number of fused-ring (bicyclic) bond motifs is 1. The molecule has 0 saturated carbocycles. The number of rotatable bonds is 12. The fraction of sp³-hybridized carbons (Fsp3) is 0.276. The molecule has 1 aliphatic rings. The number of carbonyl (C=O) groups excluding carboxylic acids is 1. The molecule has 2 aromatic heterocycles. The Morgan fingerprint density at radius 3 is 2.54 bits per heavy atom. The molecular weight excluding hydrogens is 466 g/mol. The highest BCUT2D eigenvalue weighted by Gasteiger charge is 2.21. The van der Waals surface area contributed by atoms with Crippen LogP contribution in [0.15, 0.2) is 73.2 Å². The van der Waals surface area contributed by atoms with Crippen LogP contribution in [0.2, 0.25) is 0 Å². The fourth-order valence-corrected chi connectivity index (χ4v) is 4.53. The molecule has 0 fully saturated rings. The zero-order valence-corrected chi connectivity index (χ0v) is 20.7. The first-order valence-corrected chi connectivity index (χ1v) is 12.6. The average molecular weight is 498 g/mol. The van der Waals surface area contributed by atoms with Gasteiger partial charge in [0, 0.05) is 67.0 Å². The molecule has 3 N–H and O–H groups in total. The molecule has 1 aliphatic carbocycles.